The number of amides is 1. The van der Waals surface area contributed by atoms with Crippen LogP contribution in [0.3, 0.4) is 0 Å². The maximum Gasteiger partial charge on any atom is 0.228 e. The second kappa shape index (κ2) is 6.13. The van der Waals surface area contributed by atoms with E-state index in [0.717, 1.165) is 5.56 Å². The van der Waals surface area contributed by atoms with Gasteiger partial charge in [-0.25, -0.2) is 0 Å². The molecule has 0 aliphatic heterocycles. The average molecular weight is 308 g/mol. The van der Waals surface area contributed by atoms with Gasteiger partial charge in [0, 0.05) is 16.0 Å². The minimum absolute atomic E-state index is 0.0483. The van der Waals surface area contributed by atoms with E-state index in [1.54, 1.807) is 12.1 Å². The molecule has 102 valence electrons. The molecule has 1 aromatic rings. The van der Waals surface area contributed by atoms with Gasteiger partial charge in [-0.15, -0.1) is 0 Å². The fourth-order valence-electron chi connectivity index (χ4n) is 2.23. The molecule has 1 aromatic carbocycles. The van der Waals surface area contributed by atoms with Gasteiger partial charge in [-0.3, -0.25) is 4.79 Å². The van der Waals surface area contributed by atoms with Crippen LogP contribution < -0.4 is 0 Å². The molecule has 1 aliphatic rings. The van der Waals surface area contributed by atoms with E-state index in [1.165, 1.54) is 4.90 Å². The van der Waals surface area contributed by atoms with Crippen LogP contribution in [0.1, 0.15) is 17.9 Å². The van der Waals surface area contributed by atoms with E-state index in [4.69, 9.17) is 33.7 Å². The van der Waals surface area contributed by atoms with Gasteiger partial charge < -0.3 is 4.90 Å². The molecule has 2 rings (SSSR count). The first-order chi connectivity index (χ1) is 9.58. The summed E-state index contributed by atoms with van der Waals surface area (Å²) in [6, 6.07) is 9.02. The number of hydrogen-bond acceptors (Lipinski definition) is 3. The van der Waals surface area contributed by atoms with Crippen molar-refractivity contribution in [1.29, 1.82) is 10.5 Å². The van der Waals surface area contributed by atoms with Gasteiger partial charge in [0.2, 0.25) is 5.91 Å². The number of nitriles is 2. The average Bonchev–Trinajstić information content (AvgIpc) is 3.18. The molecular formula is C14H11Cl2N3O. The second-order valence-corrected chi connectivity index (χ2v) is 5.47. The second-order valence-electron chi connectivity index (χ2n) is 4.63. The van der Waals surface area contributed by atoms with Crippen molar-refractivity contribution in [3.63, 3.8) is 0 Å². The summed E-state index contributed by atoms with van der Waals surface area (Å²) in [6.45, 7) is -0.131. The van der Waals surface area contributed by atoms with Crippen molar-refractivity contribution in [3.8, 4) is 12.1 Å². The van der Waals surface area contributed by atoms with Gasteiger partial charge in [-0.2, -0.15) is 10.5 Å². The highest BCUT2D eigenvalue weighted by atomic mass is 35.5. The molecule has 0 N–H and O–H groups in total. The number of halogens is 2. The lowest BCUT2D eigenvalue weighted by molar-refractivity contribution is -0.131. The first kappa shape index (κ1) is 14.7. The first-order valence-electron chi connectivity index (χ1n) is 6.06. The molecule has 1 aliphatic carbocycles. The van der Waals surface area contributed by atoms with Crippen LogP contribution in [0.5, 0.6) is 0 Å². The predicted octanol–water partition coefficient (Wildman–Crippen LogP) is 2.97. The van der Waals surface area contributed by atoms with Crippen molar-refractivity contribution in [2.75, 3.05) is 13.1 Å². The molecule has 1 fully saturated rings. The number of benzene rings is 1. The van der Waals surface area contributed by atoms with Crippen LogP contribution in [0.15, 0.2) is 18.2 Å². The van der Waals surface area contributed by atoms with Crippen LogP contribution in [0, 0.1) is 28.6 Å². The molecule has 1 amide bonds. The molecule has 0 unspecified atom stereocenters. The molecule has 2 atom stereocenters. The van der Waals surface area contributed by atoms with Gasteiger partial charge in [0.25, 0.3) is 0 Å². The van der Waals surface area contributed by atoms with Crippen molar-refractivity contribution in [1.82, 2.24) is 4.90 Å². The first-order valence-corrected chi connectivity index (χ1v) is 6.81. The molecule has 1 saturated carbocycles. The number of hydrogen-bond donors (Lipinski definition) is 0. The van der Waals surface area contributed by atoms with Gasteiger partial charge in [-0.1, -0.05) is 29.3 Å². The summed E-state index contributed by atoms with van der Waals surface area (Å²) in [7, 11) is 0. The zero-order valence-corrected chi connectivity index (χ0v) is 12.0. The number of carbonyl (C=O) groups is 1. The number of carbonyl (C=O) groups excluding carboxylic acids is 1. The maximum absolute atomic E-state index is 12.2. The van der Waals surface area contributed by atoms with Crippen molar-refractivity contribution in [2.24, 2.45) is 5.92 Å². The number of rotatable bonds is 4. The summed E-state index contributed by atoms with van der Waals surface area (Å²) in [4.78, 5) is 13.5. The van der Waals surface area contributed by atoms with Crippen molar-refractivity contribution in [3.05, 3.63) is 33.8 Å². The highest BCUT2D eigenvalue weighted by Gasteiger charge is 2.46. The molecule has 0 saturated heterocycles. The van der Waals surface area contributed by atoms with Crippen LogP contribution in [0.4, 0.5) is 0 Å². The van der Waals surface area contributed by atoms with Crippen molar-refractivity contribution < 1.29 is 4.79 Å². The van der Waals surface area contributed by atoms with E-state index in [-0.39, 0.29) is 30.8 Å². The predicted molar refractivity (Wildman–Crippen MR) is 75.1 cm³/mol. The van der Waals surface area contributed by atoms with E-state index in [1.807, 2.05) is 18.2 Å². The van der Waals surface area contributed by atoms with Gasteiger partial charge >= 0.3 is 0 Å². The standard InChI is InChI=1S/C14H11Cl2N3O/c15-9-1-2-10(13(16)7-9)11-8-12(11)14(20)19(5-3-17)6-4-18/h1-2,7,11-12H,5-6,8H2/t11-,12+/m0/s1. The molecule has 0 radical (unpaired) electrons. The lowest BCUT2D eigenvalue weighted by atomic mass is 10.1. The van der Waals surface area contributed by atoms with Crippen LogP contribution in [-0.2, 0) is 4.79 Å². The molecule has 0 heterocycles. The smallest absolute Gasteiger partial charge is 0.228 e. The van der Waals surface area contributed by atoms with E-state index < -0.39 is 0 Å². The van der Waals surface area contributed by atoms with Crippen LogP contribution in [0.2, 0.25) is 10.0 Å². The Balaban J connectivity index is 2.09. The van der Waals surface area contributed by atoms with E-state index in [2.05, 4.69) is 0 Å². The minimum atomic E-state index is -0.199. The molecule has 0 aromatic heterocycles. The molecule has 20 heavy (non-hydrogen) atoms. The Morgan fingerprint density at radius 2 is 1.95 bits per heavy atom. The fourth-order valence-corrected chi connectivity index (χ4v) is 2.78. The van der Waals surface area contributed by atoms with E-state index >= 15 is 0 Å². The quantitative estimate of drug-likeness (QED) is 0.803. The third-order valence-electron chi connectivity index (χ3n) is 3.30. The highest BCUT2D eigenvalue weighted by molar-refractivity contribution is 6.35. The van der Waals surface area contributed by atoms with Gasteiger partial charge in [-0.05, 0) is 30.0 Å². The Hall–Kier alpha value is -1.75. The summed E-state index contributed by atoms with van der Waals surface area (Å²) >= 11 is 12.0. The highest BCUT2D eigenvalue weighted by Crippen LogP contribution is 2.50. The normalized spacial score (nSPS) is 19.8. The largest absolute Gasteiger partial charge is 0.316 e. The van der Waals surface area contributed by atoms with Crippen LogP contribution in [-0.4, -0.2) is 23.9 Å². The topological polar surface area (TPSA) is 67.9 Å². The molecule has 6 heteroatoms. The third kappa shape index (κ3) is 3.04. The Morgan fingerprint density at radius 1 is 1.30 bits per heavy atom. The van der Waals surface area contributed by atoms with Crippen molar-refractivity contribution >= 4 is 29.1 Å². The van der Waals surface area contributed by atoms with Crippen molar-refractivity contribution in [2.45, 2.75) is 12.3 Å². The summed E-state index contributed by atoms with van der Waals surface area (Å²) in [6.07, 6.45) is 0.688. The summed E-state index contributed by atoms with van der Waals surface area (Å²) in [5.41, 5.74) is 0.892. The van der Waals surface area contributed by atoms with E-state index in [0.29, 0.717) is 16.5 Å². The summed E-state index contributed by atoms with van der Waals surface area (Å²) in [5.74, 6) is -0.313. The minimum Gasteiger partial charge on any atom is -0.316 e. The zero-order valence-electron chi connectivity index (χ0n) is 10.5. The van der Waals surface area contributed by atoms with Gasteiger partial charge in [0.15, 0.2) is 0 Å². The number of nitrogens with zero attached hydrogens (tertiary/aromatic N) is 3. The Bertz CT molecular complexity index is 602. The van der Waals surface area contributed by atoms with E-state index in [9.17, 15) is 4.79 Å². The summed E-state index contributed by atoms with van der Waals surface area (Å²) < 4.78 is 0. The van der Waals surface area contributed by atoms with Gasteiger partial charge in [0.1, 0.15) is 13.1 Å². The summed E-state index contributed by atoms with van der Waals surface area (Å²) in [5, 5.41) is 18.5. The molecule has 0 spiro atoms. The maximum atomic E-state index is 12.2. The molecule has 4 nitrogen and oxygen atoms in total. The lowest BCUT2D eigenvalue weighted by Gasteiger charge is -2.15. The Morgan fingerprint density at radius 3 is 2.50 bits per heavy atom. The SMILES string of the molecule is N#CCN(CC#N)C(=O)[C@@H]1C[C@H]1c1ccc(Cl)cc1Cl. The lowest BCUT2D eigenvalue weighted by Crippen LogP contribution is -2.33. The van der Waals surface area contributed by atoms with Crippen LogP contribution in [0.25, 0.3) is 0 Å². The third-order valence-corrected chi connectivity index (χ3v) is 3.87. The van der Waals surface area contributed by atoms with Gasteiger partial charge in [0.05, 0.1) is 12.1 Å². The Kier molecular flexibility index (Phi) is 4.49. The molecule has 0 bridgehead atoms. The molecular weight excluding hydrogens is 297 g/mol. The van der Waals surface area contributed by atoms with Crippen LogP contribution >= 0.6 is 23.2 Å². The zero-order chi connectivity index (χ0) is 14.7. The Labute approximate surface area is 127 Å². The fraction of sp³-hybridized carbons (Fsp3) is 0.357. The monoisotopic (exact) mass is 307 g/mol.